The zero-order valence-electron chi connectivity index (χ0n) is 16.1. The first-order valence-electron chi connectivity index (χ1n) is 9.09. The molecule has 1 N–H and O–H groups in total. The number of aromatic nitrogens is 2. The lowest BCUT2D eigenvalue weighted by molar-refractivity contribution is 0.0236. The number of piperidine rings is 1. The second-order valence-electron chi connectivity index (χ2n) is 7.44. The fourth-order valence-electron chi connectivity index (χ4n) is 2.84. The van der Waals surface area contributed by atoms with E-state index in [1.54, 1.807) is 17.9 Å². The SMILES string of the molecule is CCOC(=O)c1cc2[nH]c(C=C3CCN(C(=O)OC(C)(C)C)CC3)nc2s1. The van der Waals surface area contributed by atoms with Gasteiger partial charge in [0, 0.05) is 13.1 Å². The molecule has 0 radical (unpaired) electrons. The average Bonchev–Trinajstić information content (AvgIpc) is 3.12. The van der Waals surface area contributed by atoms with Crippen LogP contribution < -0.4 is 0 Å². The van der Waals surface area contributed by atoms with Gasteiger partial charge in [0.2, 0.25) is 0 Å². The van der Waals surface area contributed by atoms with Crippen LogP contribution in [-0.4, -0.2) is 52.2 Å². The molecular formula is C19H25N3O4S. The van der Waals surface area contributed by atoms with E-state index in [-0.39, 0.29) is 12.1 Å². The third-order valence-electron chi connectivity index (χ3n) is 4.07. The summed E-state index contributed by atoms with van der Waals surface area (Å²) in [5.41, 5.74) is 1.60. The van der Waals surface area contributed by atoms with Crippen LogP contribution in [0, 0.1) is 0 Å². The summed E-state index contributed by atoms with van der Waals surface area (Å²) in [7, 11) is 0. The fraction of sp³-hybridized carbons (Fsp3) is 0.526. The summed E-state index contributed by atoms with van der Waals surface area (Å²) in [5.74, 6) is 0.454. The van der Waals surface area contributed by atoms with Gasteiger partial charge >= 0.3 is 12.1 Å². The molecule has 1 saturated heterocycles. The molecule has 3 rings (SSSR count). The number of ether oxygens (including phenoxy) is 2. The third kappa shape index (κ3) is 4.88. The van der Waals surface area contributed by atoms with E-state index < -0.39 is 5.60 Å². The Labute approximate surface area is 162 Å². The highest BCUT2D eigenvalue weighted by Crippen LogP contribution is 2.26. The van der Waals surface area contributed by atoms with Gasteiger partial charge < -0.3 is 19.4 Å². The van der Waals surface area contributed by atoms with Crippen molar-refractivity contribution in [1.82, 2.24) is 14.9 Å². The number of likely N-dealkylation sites (tertiary alicyclic amines) is 1. The first-order chi connectivity index (χ1) is 12.7. The molecule has 3 heterocycles. The van der Waals surface area contributed by atoms with Gasteiger partial charge in [0.25, 0.3) is 0 Å². The molecule has 0 bridgehead atoms. The first kappa shape index (κ1) is 19.4. The minimum atomic E-state index is -0.477. The summed E-state index contributed by atoms with van der Waals surface area (Å²) < 4.78 is 10.4. The first-order valence-corrected chi connectivity index (χ1v) is 9.91. The number of imidazole rings is 1. The highest BCUT2D eigenvalue weighted by Gasteiger charge is 2.24. The van der Waals surface area contributed by atoms with Crippen LogP contribution in [0.25, 0.3) is 16.4 Å². The van der Waals surface area contributed by atoms with E-state index >= 15 is 0 Å². The molecule has 0 atom stereocenters. The summed E-state index contributed by atoms with van der Waals surface area (Å²) in [5, 5.41) is 0. The molecule has 0 saturated carbocycles. The minimum absolute atomic E-state index is 0.258. The Bertz CT molecular complexity index is 834. The zero-order valence-corrected chi connectivity index (χ0v) is 16.9. The fourth-order valence-corrected chi connectivity index (χ4v) is 3.73. The average molecular weight is 391 g/mol. The number of fused-ring (bicyclic) bond motifs is 1. The van der Waals surface area contributed by atoms with Crippen molar-refractivity contribution in [2.75, 3.05) is 19.7 Å². The topological polar surface area (TPSA) is 84.5 Å². The van der Waals surface area contributed by atoms with Crippen LogP contribution in [0.2, 0.25) is 0 Å². The highest BCUT2D eigenvalue weighted by atomic mass is 32.1. The number of amides is 1. The van der Waals surface area contributed by atoms with Crippen molar-refractivity contribution in [1.29, 1.82) is 0 Å². The summed E-state index contributed by atoms with van der Waals surface area (Å²) in [6.45, 7) is 9.04. The molecule has 2 aromatic heterocycles. The van der Waals surface area contributed by atoms with Crippen molar-refractivity contribution in [3.05, 3.63) is 22.3 Å². The second kappa shape index (κ2) is 7.72. The normalized spacial score (nSPS) is 15.1. The molecule has 1 aliphatic heterocycles. The van der Waals surface area contributed by atoms with Gasteiger partial charge in [-0.1, -0.05) is 5.57 Å². The quantitative estimate of drug-likeness (QED) is 0.792. The van der Waals surface area contributed by atoms with Crippen LogP contribution in [0.5, 0.6) is 0 Å². The molecule has 0 unspecified atom stereocenters. The van der Waals surface area contributed by atoms with E-state index in [0.29, 0.717) is 24.6 Å². The van der Waals surface area contributed by atoms with Crippen molar-refractivity contribution in [3.63, 3.8) is 0 Å². The van der Waals surface area contributed by atoms with Crippen molar-refractivity contribution in [2.45, 2.75) is 46.1 Å². The van der Waals surface area contributed by atoms with Crippen LogP contribution in [0.3, 0.4) is 0 Å². The number of nitrogens with zero attached hydrogens (tertiary/aromatic N) is 2. The van der Waals surface area contributed by atoms with E-state index in [0.717, 1.165) is 29.0 Å². The molecule has 2 aromatic rings. The molecule has 1 aliphatic rings. The van der Waals surface area contributed by atoms with Crippen molar-refractivity contribution in [2.24, 2.45) is 0 Å². The number of aromatic amines is 1. The molecular weight excluding hydrogens is 366 g/mol. The maximum atomic E-state index is 12.1. The van der Waals surface area contributed by atoms with Crippen molar-refractivity contribution in [3.8, 4) is 0 Å². The van der Waals surface area contributed by atoms with Crippen LogP contribution in [0.4, 0.5) is 4.79 Å². The maximum Gasteiger partial charge on any atom is 0.410 e. The maximum absolute atomic E-state index is 12.1. The Balaban J connectivity index is 1.62. The molecule has 0 spiro atoms. The van der Waals surface area contributed by atoms with Gasteiger partial charge in [-0.25, -0.2) is 14.6 Å². The standard InChI is InChI=1S/C19H25N3O4S/c1-5-25-17(23)14-11-13-16(27-14)21-15(20-13)10-12-6-8-22(9-7-12)18(24)26-19(2,3)4/h10-11H,5-9H2,1-4H3,(H,20,21). The molecule has 0 aliphatic carbocycles. The lowest BCUT2D eigenvalue weighted by Crippen LogP contribution is -2.40. The van der Waals surface area contributed by atoms with E-state index in [2.05, 4.69) is 9.97 Å². The van der Waals surface area contributed by atoms with Gasteiger partial charge in [-0.05, 0) is 52.7 Å². The Morgan fingerprint density at radius 1 is 1.33 bits per heavy atom. The monoisotopic (exact) mass is 391 g/mol. The van der Waals surface area contributed by atoms with Gasteiger partial charge in [-0.3, -0.25) is 0 Å². The van der Waals surface area contributed by atoms with Crippen LogP contribution in [0.15, 0.2) is 11.6 Å². The Hall–Kier alpha value is -2.35. The van der Waals surface area contributed by atoms with E-state index in [4.69, 9.17) is 9.47 Å². The molecule has 1 fully saturated rings. The third-order valence-corrected chi connectivity index (χ3v) is 5.08. The summed E-state index contributed by atoms with van der Waals surface area (Å²) >= 11 is 1.32. The van der Waals surface area contributed by atoms with Crippen LogP contribution in [-0.2, 0) is 9.47 Å². The molecule has 27 heavy (non-hydrogen) atoms. The van der Waals surface area contributed by atoms with Gasteiger partial charge in [0.15, 0.2) is 0 Å². The van der Waals surface area contributed by atoms with Gasteiger partial charge in [-0.2, -0.15) is 0 Å². The van der Waals surface area contributed by atoms with Gasteiger partial charge in [0.05, 0.1) is 12.1 Å². The smallest absolute Gasteiger partial charge is 0.410 e. The number of H-pyrrole nitrogens is 1. The lowest BCUT2D eigenvalue weighted by atomic mass is 10.0. The number of carbonyl (C=O) groups excluding carboxylic acids is 2. The Morgan fingerprint density at radius 2 is 2.04 bits per heavy atom. The van der Waals surface area contributed by atoms with Crippen LogP contribution in [0.1, 0.15) is 56.0 Å². The number of carbonyl (C=O) groups is 2. The van der Waals surface area contributed by atoms with E-state index in [1.807, 2.05) is 26.8 Å². The summed E-state index contributed by atoms with van der Waals surface area (Å²) in [6.07, 6.45) is 3.36. The number of hydrogen-bond donors (Lipinski definition) is 1. The molecule has 8 heteroatoms. The number of thiophene rings is 1. The molecule has 1 amide bonds. The lowest BCUT2D eigenvalue weighted by Gasteiger charge is -2.30. The molecule has 146 valence electrons. The zero-order chi connectivity index (χ0) is 19.6. The number of hydrogen-bond acceptors (Lipinski definition) is 6. The van der Waals surface area contributed by atoms with E-state index in [1.165, 1.54) is 16.9 Å². The van der Waals surface area contributed by atoms with Crippen molar-refractivity contribution >= 4 is 39.8 Å². The van der Waals surface area contributed by atoms with Gasteiger partial charge in [-0.15, -0.1) is 11.3 Å². The second-order valence-corrected chi connectivity index (χ2v) is 8.47. The Morgan fingerprint density at radius 3 is 2.63 bits per heavy atom. The highest BCUT2D eigenvalue weighted by molar-refractivity contribution is 7.20. The number of nitrogens with one attached hydrogen (secondary N) is 1. The predicted octanol–water partition coefficient (Wildman–Crippen LogP) is 4.22. The Kier molecular flexibility index (Phi) is 5.55. The van der Waals surface area contributed by atoms with Gasteiger partial charge in [0.1, 0.15) is 21.1 Å². The predicted molar refractivity (Wildman–Crippen MR) is 105 cm³/mol. The van der Waals surface area contributed by atoms with Crippen LogP contribution >= 0.6 is 11.3 Å². The molecule has 0 aromatic carbocycles. The van der Waals surface area contributed by atoms with Crippen molar-refractivity contribution < 1.29 is 19.1 Å². The minimum Gasteiger partial charge on any atom is -0.462 e. The molecule has 7 nitrogen and oxygen atoms in total. The van der Waals surface area contributed by atoms with E-state index in [9.17, 15) is 9.59 Å². The summed E-state index contributed by atoms with van der Waals surface area (Å²) in [6, 6.07) is 1.78. The number of rotatable bonds is 3. The number of esters is 1. The summed E-state index contributed by atoms with van der Waals surface area (Å²) in [4.78, 5) is 34.8. The largest absolute Gasteiger partial charge is 0.462 e.